The van der Waals surface area contributed by atoms with Crippen LogP contribution in [-0.2, 0) is 23.6 Å². The zero-order valence-electron chi connectivity index (χ0n) is 17.1. The molecule has 0 spiro atoms. The van der Waals surface area contributed by atoms with Gasteiger partial charge in [0.25, 0.3) is 5.56 Å². The fourth-order valence-corrected chi connectivity index (χ4v) is 4.42. The molecule has 1 N–H and O–H groups in total. The summed E-state index contributed by atoms with van der Waals surface area (Å²) in [7, 11) is 4.61. The van der Waals surface area contributed by atoms with Crippen molar-refractivity contribution < 1.29 is 9.53 Å². The van der Waals surface area contributed by atoms with E-state index >= 15 is 0 Å². The van der Waals surface area contributed by atoms with Crippen LogP contribution >= 0.6 is 11.8 Å². The van der Waals surface area contributed by atoms with Crippen molar-refractivity contribution in [3.05, 3.63) is 26.7 Å². The second-order valence-corrected chi connectivity index (χ2v) is 8.22. The van der Waals surface area contributed by atoms with Gasteiger partial charge in [0.2, 0.25) is 5.91 Å². The molecule has 0 aliphatic heterocycles. The van der Waals surface area contributed by atoms with Gasteiger partial charge in [0, 0.05) is 33.7 Å². The van der Waals surface area contributed by atoms with Gasteiger partial charge in [-0.25, -0.2) is 14.8 Å². The molecular weight excluding hydrogens is 394 g/mol. The smallest absolute Gasteiger partial charge is 0.332 e. The van der Waals surface area contributed by atoms with Gasteiger partial charge in [0.15, 0.2) is 5.65 Å². The minimum Gasteiger partial charge on any atom is -0.383 e. The van der Waals surface area contributed by atoms with E-state index in [4.69, 9.17) is 4.74 Å². The summed E-state index contributed by atoms with van der Waals surface area (Å²) in [6.45, 7) is 0.853. The Balaban J connectivity index is 2.01. The van der Waals surface area contributed by atoms with E-state index in [1.54, 1.807) is 14.2 Å². The van der Waals surface area contributed by atoms with Gasteiger partial charge >= 0.3 is 5.69 Å². The fraction of sp³-hybridized carbons (Fsp3) is 0.632. The number of carbonyl (C=O) groups is 1. The average Bonchev–Trinajstić information content (AvgIpc) is 2.75. The van der Waals surface area contributed by atoms with Crippen molar-refractivity contribution in [3.63, 3.8) is 0 Å². The van der Waals surface area contributed by atoms with Crippen molar-refractivity contribution in [1.82, 2.24) is 24.4 Å². The lowest BCUT2D eigenvalue weighted by Gasteiger charge is -2.21. The molecule has 1 aliphatic rings. The molecule has 9 nitrogen and oxygen atoms in total. The minimum absolute atomic E-state index is 0.117. The summed E-state index contributed by atoms with van der Waals surface area (Å²) in [4.78, 5) is 46.6. The van der Waals surface area contributed by atoms with Crippen LogP contribution in [0.25, 0.3) is 11.0 Å². The number of aromatic nitrogens is 4. The third-order valence-electron chi connectivity index (χ3n) is 5.22. The molecule has 2 heterocycles. The van der Waals surface area contributed by atoms with Gasteiger partial charge in [-0.1, -0.05) is 31.0 Å². The number of hydrogen-bond donors (Lipinski definition) is 1. The maximum absolute atomic E-state index is 12.8. The van der Waals surface area contributed by atoms with Crippen molar-refractivity contribution in [2.75, 3.05) is 26.0 Å². The first-order valence-electron chi connectivity index (χ1n) is 9.80. The maximum atomic E-state index is 12.8. The average molecular weight is 422 g/mol. The molecule has 10 heteroatoms. The number of nitrogens with one attached hydrogen (secondary N) is 1. The molecule has 1 amide bonds. The van der Waals surface area contributed by atoms with E-state index in [0.717, 1.165) is 30.3 Å². The number of thioether (sulfide) groups is 1. The Morgan fingerprint density at radius 3 is 2.59 bits per heavy atom. The van der Waals surface area contributed by atoms with Crippen LogP contribution < -0.4 is 16.6 Å². The Hall–Kier alpha value is -2.20. The summed E-state index contributed by atoms with van der Waals surface area (Å²) in [6, 6.07) is 0. The molecule has 0 unspecified atom stereocenters. The standard InChI is InChI=1S/C19H27N5O4S/c1-23-16-14(18(26)24(2)19(23)27)17(29-11-13(25)20-9-10-28-3)22-15(21-16)12-7-5-4-6-8-12/h12H,4-11H2,1-3H3,(H,20,25). The molecule has 0 saturated heterocycles. The van der Waals surface area contributed by atoms with Crippen LogP contribution in [-0.4, -0.2) is 51.0 Å². The lowest BCUT2D eigenvalue weighted by Crippen LogP contribution is -2.38. The van der Waals surface area contributed by atoms with Crippen LogP contribution in [0.15, 0.2) is 14.6 Å². The van der Waals surface area contributed by atoms with Gasteiger partial charge in [0.1, 0.15) is 16.2 Å². The number of amides is 1. The van der Waals surface area contributed by atoms with E-state index in [1.807, 2.05) is 0 Å². The van der Waals surface area contributed by atoms with E-state index < -0.39 is 11.2 Å². The van der Waals surface area contributed by atoms with Gasteiger partial charge in [-0.2, -0.15) is 0 Å². The Bertz CT molecular complexity index is 1010. The maximum Gasteiger partial charge on any atom is 0.332 e. The Kier molecular flexibility index (Phi) is 7.07. The predicted molar refractivity (Wildman–Crippen MR) is 111 cm³/mol. The first kappa shape index (κ1) is 21.5. The van der Waals surface area contributed by atoms with E-state index in [2.05, 4.69) is 15.3 Å². The molecule has 1 fully saturated rings. The Morgan fingerprint density at radius 2 is 1.90 bits per heavy atom. The second-order valence-electron chi connectivity index (χ2n) is 7.26. The van der Waals surface area contributed by atoms with Crippen LogP contribution in [0.3, 0.4) is 0 Å². The van der Waals surface area contributed by atoms with Gasteiger partial charge in [-0.15, -0.1) is 0 Å². The Morgan fingerprint density at radius 1 is 1.17 bits per heavy atom. The van der Waals surface area contributed by atoms with Crippen molar-refractivity contribution in [3.8, 4) is 0 Å². The van der Waals surface area contributed by atoms with Crippen molar-refractivity contribution in [2.45, 2.75) is 43.0 Å². The van der Waals surface area contributed by atoms with Crippen LogP contribution in [0.4, 0.5) is 0 Å². The normalized spacial score (nSPS) is 15.0. The largest absolute Gasteiger partial charge is 0.383 e. The highest BCUT2D eigenvalue weighted by Gasteiger charge is 2.23. The van der Waals surface area contributed by atoms with Gasteiger partial charge < -0.3 is 10.1 Å². The number of carbonyl (C=O) groups excluding carboxylic acids is 1. The lowest BCUT2D eigenvalue weighted by atomic mass is 9.89. The first-order valence-corrected chi connectivity index (χ1v) is 10.8. The Labute approximate surface area is 172 Å². The van der Waals surface area contributed by atoms with Crippen molar-refractivity contribution in [2.24, 2.45) is 14.1 Å². The lowest BCUT2D eigenvalue weighted by molar-refractivity contribution is -0.118. The third kappa shape index (κ3) is 4.69. The molecular formula is C19H27N5O4S. The summed E-state index contributed by atoms with van der Waals surface area (Å²) in [5.74, 6) is 0.816. The summed E-state index contributed by atoms with van der Waals surface area (Å²) in [5.41, 5.74) is -0.541. The molecule has 0 atom stereocenters. The zero-order valence-corrected chi connectivity index (χ0v) is 17.9. The number of hydrogen-bond acceptors (Lipinski definition) is 7. The number of ether oxygens (including phenoxy) is 1. The van der Waals surface area contributed by atoms with Crippen molar-refractivity contribution >= 4 is 28.7 Å². The zero-order chi connectivity index (χ0) is 21.0. The van der Waals surface area contributed by atoms with Gasteiger partial charge in [-0.05, 0) is 12.8 Å². The quantitative estimate of drug-likeness (QED) is 0.402. The van der Waals surface area contributed by atoms with E-state index in [9.17, 15) is 14.4 Å². The summed E-state index contributed by atoms with van der Waals surface area (Å²) in [5, 5.41) is 3.49. The van der Waals surface area contributed by atoms with Crippen LogP contribution in [0, 0.1) is 0 Å². The molecule has 0 radical (unpaired) electrons. The van der Waals surface area contributed by atoms with E-state index in [0.29, 0.717) is 29.6 Å². The highest BCUT2D eigenvalue weighted by atomic mass is 32.2. The minimum atomic E-state index is -0.444. The molecule has 158 valence electrons. The molecule has 1 aliphatic carbocycles. The van der Waals surface area contributed by atoms with Gasteiger partial charge in [-0.3, -0.25) is 18.7 Å². The van der Waals surface area contributed by atoms with Crippen LogP contribution in [0.5, 0.6) is 0 Å². The second kappa shape index (κ2) is 9.53. The molecule has 1 saturated carbocycles. The summed E-state index contributed by atoms with van der Waals surface area (Å²) in [6.07, 6.45) is 5.42. The third-order valence-corrected chi connectivity index (χ3v) is 6.20. The van der Waals surface area contributed by atoms with Gasteiger partial charge in [0.05, 0.1) is 12.4 Å². The fourth-order valence-electron chi connectivity index (χ4n) is 3.57. The number of fused-ring (bicyclic) bond motifs is 1. The number of methoxy groups -OCH3 is 1. The topological polar surface area (TPSA) is 108 Å². The first-order chi connectivity index (χ1) is 13.9. The molecule has 0 bridgehead atoms. The summed E-state index contributed by atoms with van der Waals surface area (Å²) >= 11 is 1.20. The number of aryl methyl sites for hydroxylation is 1. The predicted octanol–water partition coefficient (Wildman–Crippen LogP) is 0.930. The monoisotopic (exact) mass is 421 g/mol. The number of rotatable bonds is 7. The number of nitrogens with zero attached hydrogens (tertiary/aromatic N) is 4. The highest BCUT2D eigenvalue weighted by Crippen LogP contribution is 2.33. The molecule has 3 rings (SSSR count). The van der Waals surface area contributed by atoms with Crippen LogP contribution in [0.1, 0.15) is 43.8 Å². The molecule has 2 aromatic rings. The highest BCUT2D eigenvalue weighted by molar-refractivity contribution is 8.00. The van der Waals surface area contributed by atoms with Crippen molar-refractivity contribution in [1.29, 1.82) is 0 Å². The SMILES string of the molecule is COCCNC(=O)CSc1nc(C2CCCCC2)nc2c1c(=O)n(C)c(=O)n2C. The van der Waals surface area contributed by atoms with E-state index in [-0.39, 0.29) is 23.0 Å². The summed E-state index contributed by atoms with van der Waals surface area (Å²) < 4.78 is 7.36. The van der Waals surface area contributed by atoms with Crippen LogP contribution in [0.2, 0.25) is 0 Å². The molecule has 2 aromatic heterocycles. The molecule has 29 heavy (non-hydrogen) atoms. The van der Waals surface area contributed by atoms with E-state index in [1.165, 1.54) is 29.8 Å². The molecule has 0 aromatic carbocycles.